The molecule has 0 aromatic heterocycles. The summed E-state index contributed by atoms with van der Waals surface area (Å²) in [5.41, 5.74) is 0.504. The maximum Gasteiger partial charge on any atom is 0.416 e. The number of esters is 1. The second kappa shape index (κ2) is 9.31. The van der Waals surface area contributed by atoms with E-state index in [0.717, 1.165) is 6.07 Å². The summed E-state index contributed by atoms with van der Waals surface area (Å²) in [6.07, 6.45) is -2.93. The Kier molecular flexibility index (Phi) is 6.57. The molecular weight excluding hydrogens is 393 g/mol. The number of halogens is 3. The van der Waals surface area contributed by atoms with Gasteiger partial charge in [-0.3, -0.25) is 0 Å². The summed E-state index contributed by atoms with van der Waals surface area (Å²) < 4.78 is 50.2. The van der Waals surface area contributed by atoms with E-state index in [2.05, 4.69) is 0 Å². The summed E-state index contributed by atoms with van der Waals surface area (Å²) in [6.45, 7) is -0.495. The van der Waals surface area contributed by atoms with Gasteiger partial charge in [-0.25, -0.2) is 4.79 Å². The number of hydrogen-bond donors (Lipinski definition) is 0. The van der Waals surface area contributed by atoms with Crippen molar-refractivity contribution < 1.29 is 27.4 Å². The standard InChI is InChI=1S/C24H19F3O3/c1-29-22-14-8-6-11-18(22)15-20(17-9-3-2-4-10-17)23(28)30-16-19-12-5-7-13-21(19)24(25,26)27/h2-15H,16H2,1H3/b20-15+. The SMILES string of the molecule is COc1ccccc1/C=C(/C(=O)OCc1ccccc1C(F)(F)F)c1ccccc1. The van der Waals surface area contributed by atoms with Gasteiger partial charge in [0.25, 0.3) is 0 Å². The average molecular weight is 412 g/mol. The molecule has 0 N–H and O–H groups in total. The molecule has 0 amide bonds. The van der Waals surface area contributed by atoms with Crippen molar-refractivity contribution in [2.75, 3.05) is 7.11 Å². The minimum Gasteiger partial charge on any atom is -0.496 e. The van der Waals surface area contributed by atoms with Gasteiger partial charge in [0.2, 0.25) is 0 Å². The van der Waals surface area contributed by atoms with Crippen LogP contribution >= 0.6 is 0 Å². The van der Waals surface area contributed by atoms with Crippen LogP contribution in [-0.4, -0.2) is 13.1 Å². The van der Waals surface area contributed by atoms with Crippen LogP contribution in [0.4, 0.5) is 13.2 Å². The highest BCUT2D eigenvalue weighted by molar-refractivity contribution is 6.21. The lowest BCUT2D eigenvalue weighted by Gasteiger charge is -2.14. The first-order valence-electron chi connectivity index (χ1n) is 9.12. The summed E-state index contributed by atoms with van der Waals surface area (Å²) >= 11 is 0. The first-order chi connectivity index (χ1) is 14.4. The van der Waals surface area contributed by atoms with Gasteiger partial charge in [0.1, 0.15) is 12.4 Å². The van der Waals surface area contributed by atoms with E-state index < -0.39 is 24.3 Å². The third-order valence-corrected chi connectivity index (χ3v) is 4.43. The predicted molar refractivity (Wildman–Crippen MR) is 109 cm³/mol. The summed E-state index contributed by atoms with van der Waals surface area (Å²) in [5, 5.41) is 0. The number of ether oxygens (including phenoxy) is 2. The molecule has 3 nitrogen and oxygen atoms in total. The molecule has 0 bridgehead atoms. The van der Waals surface area contributed by atoms with Crippen LogP contribution in [0.3, 0.4) is 0 Å². The van der Waals surface area contributed by atoms with Crippen molar-refractivity contribution in [1.82, 2.24) is 0 Å². The second-order valence-electron chi connectivity index (χ2n) is 6.40. The predicted octanol–water partition coefficient (Wildman–Crippen LogP) is 6.00. The van der Waals surface area contributed by atoms with Gasteiger partial charge < -0.3 is 9.47 Å². The molecule has 0 unspecified atom stereocenters. The van der Waals surface area contributed by atoms with Gasteiger partial charge in [-0.05, 0) is 23.8 Å². The number of benzene rings is 3. The molecule has 0 aliphatic rings. The van der Waals surface area contributed by atoms with E-state index in [1.807, 2.05) is 0 Å². The quantitative estimate of drug-likeness (QED) is 0.283. The van der Waals surface area contributed by atoms with Crippen molar-refractivity contribution in [1.29, 1.82) is 0 Å². The highest BCUT2D eigenvalue weighted by atomic mass is 19.4. The van der Waals surface area contributed by atoms with E-state index in [4.69, 9.17) is 9.47 Å². The Labute approximate surface area is 172 Å². The molecule has 0 aliphatic carbocycles. The van der Waals surface area contributed by atoms with Crippen LogP contribution in [0.2, 0.25) is 0 Å². The van der Waals surface area contributed by atoms with Gasteiger partial charge in [0.05, 0.1) is 18.2 Å². The van der Waals surface area contributed by atoms with Crippen molar-refractivity contribution in [2.45, 2.75) is 12.8 Å². The Hall–Kier alpha value is -3.54. The Morgan fingerprint density at radius 1 is 0.900 bits per heavy atom. The van der Waals surface area contributed by atoms with Crippen LogP contribution < -0.4 is 4.74 Å². The average Bonchev–Trinajstić information content (AvgIpc) is 2.76. The number of rotatable bonds is 6. The number of para-hydroxylation sites is 1. The van der Waals surface area contributed by atoms with Crippen molar-refractivity contribution in [3.05, 3.63) is 101 Å². The van der Waals surface area contributed by atoms with E-state index >= 15 is 0 Å². The molecule has 3 aromatic rings. The van der Waals surface area contributed by atoms with Crippen LogP contribution in [0.5, 0.6) is 5.75 Å². The van der Waals surface area contributed by atoms with Gasteiger partial charge in [-0.15, -0.1) is 0 Å². The lowest BCUT2D eigenvalue weighted by atomic mass is 10.0. The first-order valence-corrected chi connectivity index (χ1v) is 9.12. The zero-order chi connectivity index (χ0) is 21.6. The second-order valence-corrected chi connectivity index (χ2v) is 6.40. The molecule has 0 atom stereocenters. The summed E-state index contributed by atoms with van der Waals surface area (Å²) in [5.74, 6) is -0.176. The number of carbonyl (C=O) groups excluding carboxylic acids is 1. The zero-order valence-corrected chi connectivity index (χ0v) is 16.1. The van der Waals surface area contributed by atoms with Crippen LogP contribution in [0.15, 0.2) is 78.9 Å². The molecule has 0 aliphatic heterocycles. The molecule has 6 heteroatoms. The van der Waals surface area contributed by atoms with Crippen molar-refractivity contribution in [2.24, 2.45) is 0 Å². The number of carbonyl (C=O) groups is 1. The largest absolute Gasteiger partial charge is 0.496 e. The van der Waals surface area contributed by atoms with Crippen LogP contribution in [0.25, 0.3) is 11.6 Å². The molecule has 30 heavy (non-hydrogen) atoms. The molecule has 3 rings (SSSR count). The topological polar surface area (TPSA) is 35.5 Å². The lowest BCUT2D eigenvalue weighted by Crippen LogP contribution is -2.12. The summed E-state index contributed by atoms with van der Waals surface area (Å²) in [7, 11) is 1.52. The van der Waals surface area contributed by atoms with Crippen molar-refractivity contribution >= 4 is 17.6 Å². The van der Waals surface area contributed by atoms with Gasteiger partial charge >= 0.3 is 12.1 Å². The zero-order valence-electron chi connectivity index (χ0n) is 16.1. The van der Waals surface area contributed by atoms with E-state index in [-0.39, 0.29) is 11.1 Å². The minimum absolute atomic E-state index is 0.108. The minimum atomic E-state index is -4.53. The lowest BCUT2D eigenvalue weighted by molar-refractivity contribution is -0.143. The van der Waals surface area contributed by atoms with Gasteiger partial charge in [-0.1, -0.05) is 66.7 Å². The molecule has 154 valence electrons. The van der Waals surface area contributed by atoms with Crippen LogP contribution in [0.1, 0.15) is 22.3 Å². The molecule has 3 aromatic carbocycles. The number of methoxy groups -OCH3 is 1. The monoisotopic (exact) mass is 412 g/mol. The van der Waals surface area contributed by atoms with Crippen LogP contribution in [-0.2, 0) is 22.3 Å². The Morgan fingerprint density at radius 2 is 1.53 bits per heavy atom. The molecule has 0 heterocycles. The maximum absolute atomic E-state index is 13.2. The smallest absolute Gasteiger partial charge is 0.416 e. The molecular formula is C24H19F3O3. The van der Waals surface area contributed by atoms with Crippen LogP contribution in [0, 0.1) is 0 Å². The first kappa shape index (κ1) is 21.2. The van der Waals surface area contributed by atoms with E-state index in [9.17, 15) is 18.0 Å². The van der Waals surface area contributed by atoms with Gasteiger partial charge in [0.15, 0.2) is 0 Å². The fourth-order valence-electron chi connectivity index (χ4n) is 2.96. The van der Waals surface area contributed by atoms with Crippen molar-refractivity contribution in [3.63, 3.8) is 0 Å². The highest BCUT2D eigenvalue weighted by Gasteiger charge is 2.33. The van der Waals surface area contributed by atoms with Crippen molar-refractivity contribution in [3.8, 4) is 5.75 Å². The van der Waals surface area contributed by atoms with E-state index in [1.54, 1.807) is 60.7 Å². The summed E-state index contributed by atoms with van der Waals surface area (Å²) in [4.78, 5) is 12.9. The number of alkyl halides is 3. The van der Waals surface area contributed by atoms with Gasteiger partial charge in [-0.2, -0.15) is 13.2 Å². The Morgan fingerprint density at radius 3 is 2.23 bits per heavy atom. The molecule has 0 radical (unpaired) electrons. The molecule has 0 fully saturated rings. The fourth-order valence-corrected chi connectivity index (χ4v) is 2.96. The third kappa shape index (κ3) is 5.08. The summed E-state index contributed by atoms with van der Waals surface area (Å²) in [6, 6.07) is 20.9. The normalized spacial score (nSPS) is 11.8. The van der Waals surface area contributed by atoms with Gasteiger partial charge in [0, 0.05) is 11.1 Å². The maximum atomic E-state index is 13.2. The molecule has 0 saturated carbocycles. The highest BCUT2D eigenvalue weighted by Crippen LogP contribution is 2.32. The third-order valence-electron chi connectivity index (χ3n) is 4.43. The Balaban J connectivity index is 1.92. The molecule has 0 spiro atoms. The van der Waals surface area contributed by atoms with E-state index in [1.165, 1.54) is 25.3 Å². The van der Waals surface area contributed by atoms with E-state index in [0.29, 0.717) is 16.9 Å². The molecule has 0 saturated heterocycles. The number of hydrogen-bond acceptors (Lipinski definition) is 3. The Bertz CT molecular complexity index is 1040. The fraction of sp³-hybridized carbons (Fsp3) is 0.125.